The Morgan fingerprint density at radius 1 is 0.865 bits per heavy atom. The Morgan fingerprint density at radius 2 is 1.38 bits per heavy atom. The first-order valence-corrected chi connectivity index (χ1v) is 17.5. The minimum absolute atomic E-state index is 0.0457. The van der Waals surface area contributed by atoms with Crippen LogP contribution in [0.5, 0.6) is 0 Å². The Morgan fingerprint density at radius 3 is 1.83 bits per heavy atom. The number of hydrogen-bond acceptors (Lipinski definition) is 12. The summed E-state index contributed by atoms with van der Waals surface area (Å²) in [5.74, 6) is -4.57. The number of nitrogens with zero attached hydrogens (tertiary/aromatic N) is 1. The third kappa shape index (κ3) is 14.1. The quantitative estimate of drug-likeness (QED) is 0.0583. The van der Waals surface area contributed by atoms with Gasteiger partial charge in [-0.3, -0.25) is 24.5 Å². The molecular formula is C37H52N4O11. The van der Waals surface area contributed by atoms with Crippen molar-refractivity contribution in [2.24, 2.45) is 11.8 Å². The van der Waals surface area contributed by atoms with Crippen molar-refractivity contribution in [1.29, 1.82) is 5.26 Å². The van der Waals surface area contributed by atoms with Gasteiger partial charge in [0.2, 0.25) is 11.8 Å². The first-order chi connectivity index (χ1) is 25.0. The number of allylic oxidation sites excluding steroid dienone is 2. The number of aliphatic hydroxyl groups excluding tert-OH is 1. The number of benzene rings is 1. The molecule has 2 rings (SSSR count). The largest absolute Gasteiger partial charge is 0.454 e. The maximum Gasteiger partial charge on any atom is 0.412 e. The average Bonchev–Trinajstić information content (AvgIpc) is 3.13. The number of nitriles is 1. The highest BCUT2D eigenvalue weighted by Crippen LogP contribution is 2.31. The van der Waals surface area contributed by atoms with Gasteiger partial charge in [0.1, 0.15) is 6.10 Å². The van der Waals surface area contributed by atoms with Crippen molar-refractivity contribution >= 4 is 35.5 Å². The topological polar surface area (TPSA) is 212 Å². The number of amides is 3. The average molecular weight is 729 g/mol. The molecule has 0 radical (unpaired) electrons. The Kier molecular flexibility index (Phi) is 19.7. The lowest BCUT2D eigenvalue weighted by atomic mass is 9.96. The van der Waals surface area contributed by atoms with Crippen molar-refractivity contribution in [2.75, 3.05) is 32.1 Å². The van der Waals surface area contributed by atoms with Gasteiger partial charge in [0.25, 0.3) is 0 Å². The van der Waals surface area contributed by atoms with Crippen LogP contribution in [0, 0.1) is 23.2 Å². The summed E-state index contributed by atoms with van der Waals surface area (Å²) in [6, 6.07) is 7.85. The van der Waals surface area contributed by atoms with E-state index in [1.807, 2.05) is 19.9 Å². The Hall–Kier alpha value is -4.78. The maximum atomic E-state index is 13.8. The lowest BCUT2D eigenvalue weighted by molar-refractivity contribution is -0.300. The number of carbonyl (C=O) groups excluding carboxylic acids is 5. The van der Waals surface area contributed by atoms with Crippen LogP contribution in [-0.4, -0.2) is 92.5 Å². The van der Waals surface area contributed by atoms with Crippen molar-refractivity contribution in [3.63, 3.8) is 0 Å². The number of rotatable bonds is 22. The van der Waals surface area contributed by atoms with Crippen LogP contribution in [0.15, 0.2) is 49.6 Å². The minimum atomic E-state index is -1.63. The molecule has 15 heteroatoms. The first-order valence-electron chi connectivity index (χ1n) is 17.5. The molecule has 1 saturated heterocycles. The molecule has 1 aromatic carbocycles. The summed E-state index contributed by atoms with van der Waals surface area (Å²) >= 11 is 0. The number of methoxy groups -OCH3 is 1. The van der Waals surface area contributed by atoms with Crippen molar-refractivity contribution < 1.29 is 52.8 Å². The molecule has 286 valence electrons. The summed E-state index contributed by atoms with van der Waals surface area (Å²) in [7, 11) is 1.24. The van der Waals surface area contributed by atoms with Crippen LogP contribution in [0.1, 0.15) is 70.8 Å². The molecule has 15 nitrogen and oxygen atoms in total. The monoisotopic (exact) mass is 728 g/mol. The lowest BCUT2D eigenvalue weighted by Crippen LogP contribution is -2.63. The Balaban J connectivity index is 2.48. The van der Waals surface area contributed by atoms with Crippen LogP contribution >= 0.6 is 0 Å². The van der Waals surface area contributed by atoms with Gasteiger partial charge in [0.05, 0.1) is 30.1 Å². The summed E-state index contributed by atoms with van der Waals surface area (Å²) in [6.45, 7) is 11.4. The smallest absolute Gasteiger partial charge is 0.412 e. The van der Waals surface area contributed by atoms with Gasteiger partial charge in [0, 0.05) is 38.7 Å². The van der Waals surface area contributed by atoms with Crippen LogP contribution in [-0.2, 0) is 42.9 Å². The van der Waals surface area contributed by atoms with Gasteiger partial charge in [-0.15, -0.1) is 13.2 Å². The van der Waals surface area contributed by atoms with Crippen molar-refractivity contribution in [3.05, 3.63) is 55.1 Å². The van der Waals surface area contributed by atoms with Gasteiger partial charge in [-0.1, -0.05) is 38.8 Å². The molecule has 1 aromatic rings. The van der Waals surface area contributed by atoms with Gasteiger partial charge in [0.15, 0.2) is 24.6 Å². The Bertz CT molecular complexity index is 1380. The summed E-state index contributed by atoms with van der Waals surface area (Å²) in [5, 5.41) is 27.4. The SMILES string of the molecule is C=CC[C@H](CC(=O)NCCCC)C(=O)O[C@H]1[C@@H](OC(=O)Nc2ccc(C#N)cc2)[C@@H](CO)O[C@H](OC)[C@@H]1OC(=O)[C@@H](CC=C)CC(=O)NCCCC. The summed E-state index contributed by atoms with van der Waals surface area (Å²) < 4.78 is 28.8. The number of hydrogen-bond donors (Lipinski definition) is 4. The summed E-state index contributed by atoms with van der Waals surface area (Å²) in [5.41, 5.74) is 0.612. The predicted molar refractivity (Wildman–Crippen MR) is 189 cm³/mol. The highest BCUT2D eigenvalue weighted by atomic mass is 16.7. The maximum absolute atomic E-state index is 13.8. The highest BCUT2D eigenvalue weighted by molar-refractivity contribution is 5.85. The molecule has 0 saturated carbocycles. The number of unbranched alkanes of at least 4 members (excludes halogenated alkanes) is 2. The molecule has 0 spiro atoms. The summed E-state index contributed by atoms with van der Waals surface area (Å²) in [6.07, 6.45) is -2.85. The predicted octanol–water partition coefficient (Wildman–Crippen LogP) is 3.66. The van der Waals surface area contributed by atoms with E-state index in [1.165, 1.54) is 43.5 Å². The van der Waals surface area contributed by atoms with E-state index in [2.05, 4.69) is 29.1 Å². The fourth-order valence-electron chi connectivity index (χ4n) is 5.31. The fourth-order valence-corrected chi connectivity index (χ4v) is 5.31. The van der Waals surface area contributed by atoms with E-state index in [0.717, 1.165) is 25.7 Å². The molecule has 4 N–H and O–H groups in total. The molecule has 1 aliphatic rings. The zero-order valence-electron chi connectivity index (χ0n) is 30.2. The van der Waals surface area contributed by atoms with Gasteiger partial charge in [-0.25, -0.2) is 4.79 Å². The molecule has 7 atom stereocenters. The van der Waals surface area contributed by atoms with Crippen molar-refractivity contribution in [2.45, 2.75) is 95.9 Å². The van der Waals surface area contributed by atoms with E-state index in [4.69, 9.17) is 28.9 Å². The van der Waals surface area contributed by atoms with Crippen molar-refractivity contribution in [1.82, 2.24) is 10.6 Å². The summed E-state index contributed by atoms with van der Waals surface area (Å²) in [4.78, 5) is 66.0. The number of nitrogens with one attached hydrogen (secondary N) is 3. The lowest BCUT2D eigenvalue weighted by Gasteiger charge is -2.44. The molecule has 1 heterocycles. The van der Waals surface area contributed by atoms with Crippen molar-refractivity contribution in [3.8, 4) is 6.07 Å². The number of aliphatic hydroxyl groups is 1. The van der Waals surface area contributed by atoms with Gasteiger partial charge in [-0.05, 0) is 49.9 Å². The highest BCUT2D eigenvalue weighted by Gasteiger charge is 2.53. The minimum Gasteiger partial charge on any atom is -0.454 e. The van der Waals surface area contributed by atoms with Gasteiger partial charge >= 0.3 is 18.0 Å². The standard InChI is InChI=1S/C37H52N4O11/c1-6-10-18-39-29(43)20-25(12-8-3)34(45)50-32-31(52-37(47)41-27-16-14-24(22-38)15-17-27)28(23-42)49-36(48-5)33(32)51-35(46)26(13-9-4)21-30(44)40-19-11-7-2/h8-9,14-17,25-26,28,31-33,36,42H,3-4,6-7,10-13,18-21,23H2,1-2,5H3,(H,39,43)(H,40,44)(H,41,47)/t25-,26+,28-,31+,32+,33-,36+/m1/s1. The van der Waals surface area contributed by atoms with E-state index in [0.29, 0.717) is 18.7 Å². The number of anilines is 1. The van der Waals surface area contributed by atoms with Gasteiger partial charge in [-0.2, -0.15) is 5.26 Å². The van der Waals surface area contributed by atoms with Crippen LogP contribution in [0.3, 0.4) is 0 Å². The third-order valence-corrected chi connectivity index (χ3v) is 8.15. The molecule has 0 aromatic heterocycles. The number of esters is 2. The molecule has 1 fully saturated rings. The Labute approximate surface area is 305 Å². The van der Waals surface area contributed by atoms with E-state index in [1.54, 1.807) is 0 Å². The van der Waals surface area contributed by atoms with Crippen LogP contribution < -0.4 is 16.0 Å². The number of ether oxygens (including phenoxy) is 5. The second-order valence-electron chi connectivity index (χ2n) is 12.2. The molecule has 0 aliphatic carbocycles. The van der Waals surface area contributed by atoms with E-state index in [9.17, 15) is 29.1 Å². The second kappa shape index (κ2) is 23.6. The number of carbonyl (C=O) groups is 5. The van der Waals surface area contributed by atoms with Crippen LogP contribution in [0.25, 0.3) is 0 Å². The molecular weight excluding hydrogens is 676 g/mol. The van der Waals surface area contributed by atoms with E-state index < -0.39 is 73.1 Å². The van der Waals surface area contributed by atoms with Gasteiger partial charge < -0.3 is 39.4 Å². The van der Waals surface area contributed by atoms with E-state index >= 15 is 0 Å². The normalized spacial score (nSPS) is 20.6. The second-order valence-corrected chi connectivity index (χ2v) is 12.2. The van der Waals surface area contributed by atoms with Crippen LogP contribution in [0.2, 0.25) is 0 Å². The zero-order valence-corrected chi connectivity index (χ0v) is 30.2. The molecule has 0 bridgehead atoms. The molecule has 52 heavy (non-hydrogen) atoms. The molecule has 3 amide bonds. The molecule has 1 aliphatic heterocycles. The zero-order chi connectivity index (χ0) is 38.5. The fraction of sp³-hybridized carbons (Fsp3) is 0.568. The molecule has 0 unspecified atom stereocenters. The van der Waals surface area contributed by atoms with Crippen LogP contribution in [0.4, 0.5) is 10.5 Å². The third-order valence-electron chi connectivity index (χ3n) is 8.15. The van der Waals surface area contributed by atoms with E-state index in [-0.39, 0.29) is 37.3 Å². The first kappa shape index (κ1) is 43.4.